The van der Waals surface area contributed by atoms with Crippen LogP contribution in [-0.2, 0) is 0 Å². The maximum atomic E-state index is 11.3. The van der Waals surface area contributed by atoms with E-state index < -0.39 is 0 Å². The van der Waals surface area contributed by atoms with E-state index in [0.29, 0.717) is 23.0 Å². The summed E-state index contributed by atoms with van der Waals surface area (Å²) in [6.07, 6.45) is 0. The summed E-state index contributed by atoms with van der Waals surface area (Å²) in [6, 6.07) is 95.7. The minimum atomic E-state index is 0.471. The van der Waals surface area contributed by atoms with Crippen LogP contribution in [0.15, 0.2) is 267 Å². The molecule has 0 radical (unpaired) electrons. The first-order valence-electron chi connectivity index (χ1n) is 25.5. The summed E-state index contributed by atoms with van der Waals surface area (Å²) in [7, 11) is 0. The second-order valence-electron chi connectivity index (χ2n) is 19.1. The molecule has 14 aromatic rings. The Balaban J connectivity index is 0.923. The van der Waals surface area contributed by atoms with Crippen molar-refractivity contribution in [3.05, 3.63) is 272 Å². The summed E-state index contributed by atoms with van der Waals surface area (Å²) in [6.45, 7) is 0. The summed E-state index contributed by atoms with van der Waals surface area (Å²) in [4.78, 5) is 15.5. The molecule has 0 fully saturated rings. The molecule has 0 bridgehead atoms. The molecule has 0 aliphatic carbocycles. The maximum Gasteiger partial charge on any atom is 0.164 e. The number of aromatic nitrogens is 5. The Morgan fingerprint density at radius 1 is 0.276 bits per heavy atom. The smallest absolute Gasteiger partial charge is 0.164 e. The van der Waals surface area contributed by atoms with Crippen molar-refractivity contribution in [3.63, 3.8) is 0 Å². The molecule has 6 heteroatoms. The highest BCUT2D eigenvalue weighted by atomic mass is 15.0. The van der Waals surface area contributed by atoms with Crippen molar-refractivity contribution in [2.45, 2.75) is 0 Å². The normalized spacial score (nSPS) is 11.4. The van der Waals surface area contributed by atoms with E-state index in [0.717, 1.165) is 72.4 Å². The minimum Gasteiger partial charge on any atom is -0.309 e. The zero-order chi connectivity index (χ0) is 50.5. The summed E-state index contributed by atoms with van der Waals surface area (Å²) >= 11 is 0. The van der Waals surface area contributed by atoms with Gasteiger partial charge in [0.05, 0.1) is 33.7 Å². The summed E-state index contributed by atoms with van der Waals surface area (Å²) < 4.78 is 4.66. The molecule has 11 aromatic carbocycles. The predicted octanol–water partition coefficient (Wildman–Crippen LogP) is 17.6. The van der Waals surface area contributed by atoms with Gasteiger partial charge in [0.1, 0.15) is 0 Å². The molecule has 6 nitrogen and oxygen atoms in total. The number of nitrogens with zero attached hydrogens (tertiary/aromatic N) is 6. The number of fused-ring (bicyclic) bond motifs is 6. The van der Waals surface area contributed by atoms with Gasteiger partial charge < -0.3 is 9.13 Å². The molecule has 0 atom stereocenters. The van der Waals surface area contributed by atoms with E-state index in [4.69, 9.17) is 15.0 Å². The molecular weight excluding hydrogens is 925 g/mol. The second kappa shape index (κ2) is 18.5. The first-order valence-corrected chi connectivity index (χ1v) is 25.5. The SMILES string of the molecule is N#Cc1cc(-c2ccc(-n3c4ccccc4c4cc(-c5ccccc5)ccc43)cc2)cc(-c2nc(-c3ccccc3)nc(-c3ccccc3)n2)c1-c1ccc(-n2c3ccccc3c3cc(-c4ccccc4)ccc32)cc1. The van der Waals surface area contributed by atoms with E-state index in [1.165, 1.54) is 43.8 Å². The van der Waals surface area contributed by atoms with Crippen LogP contribution in [0.4, 0.5) is 0 Å². The van der Waals surface area contributed by atoms with E-state index in [-0.39, 0.29) is 0 Å². The highest BCUT2D eigenvalue weighted by Gasteiger charge is 2.22. The van der Waals surface area contributed by atoms with Crippen LogP contribution >= 0.6 is 0 Å². The average Bonchev–Trinajstić information content (AvgIpc) is 4.09. The Kier molecular flexibility index (Phi) is 10.8. The Hall–Kier alpha value is -10.5. The predicted molar refractivity (Wildman–Crippen MR) is 311 cm³/mol. The zero-order valence-corrected chi connectivity index (χ0v) is 41.1. The monoisotopic (exact) mass is 968 g/mol. The third-order valence-electron chi connectivity index (χ3n) is 14.6. The fourth-order valence-electron chi connectivity index (χ4n) is 11.0. The fourth-order valence-corrected chi connectivity index (χ4v) is 11.0. The van der Waals surface area contributed by atoms with Crippen LogP contribution in [-0.4, -0.2) is 24.1 Å². The topological polar surface area (TPSA) is 72.3 Å². The number of benzene rings is 11. The molecule has 0 saturated heterocycles. The number of nitriles is 1. The van der Waals surface area contributed by atoms with Crippen LogP contribution in [0.3, 0.4) is 0 Å². The highest BCUT2D eigenvalue weighted by molar-refractivity contribution is 6.11. The van der Waals surface area contributed by atoms with Gasteiger partial charge in [-0.25, -0.2) is 15.0 Å². The molecule has 354 valence electrons. The second-order valence-corrected chi connectivity index (χ2v) is 19.1. The number of rotatable bonds is 9. The third-order valence-corrected chi connectivity index (χ3v) is 14.6. The van der Waals surface area contributed by atoms with Crippen LogP contribution in [0.1, 0.15) is 5.56 Å². The molecule has 0 N–H and O–H groups in total. The molecule has 0 aliphatic heterocycles. The van der Waals surface area contributed by atoms with Gasteiger partial charge in [0.2, 0.25) is 0 Å². The molecule has 14 rings (SSSR count). The molecule has 3 aromatic heterocycles. The van der Waals surface area contributed by atoms with E-state index in [1.807, 2.05) is 66.7 Å². The van der Waals surface area contributed by atoms with Crippen molar-refractivity contribution in [1.82, 2.24) is 24.1 Å². The van der Waals surface area contributed by atoms with Crippen LogP contribution in [0.5, 0.6) is 0 Å². The third kappa shape index (κ3) is 7.70. The lowest BCUT2D eigenvalue weighted by atomic mass is 9.90. The van der Waals surface area contributed by atoms with E-state index in [9.17, 15) is 5.26 Å². The van der Waals surface area contributed by atoms with Crippen molar-refractivity contribution >= 4 is 43.6 Å². The zero-order valence-electron chi connectivity index (χ0n) is 41.1. The lowest BCUT2D eigenvalue weighted by molar-refractivity contribution is 1.07. The van der Waals surface area contributed by atoms with Crippen molar-refractivity contribution in [1.29, 1.82) is 5.26 Å². The Labute approximate surface area is 439 Å². The van der Waals surface area contributed by atoms with Gasteiger partial charge >= 0.3 is 0 Å². The van der Waals surface area contributed by atoms with E-state index in [2.05, 4.69) is 215 Å². The average molecular weight is 969 g/mol. The van der Waals surface area contributed by atoms with Gasteiger partial charge in [0.15, 0.2) is 17.5 Å². The van der Waals surface area contributed by atoms with Crippen LogP contribution in [0.25, 0.3) is 134 Å². The molecule has 0 saturated carbocycles. The Bertz CT molecular complexity index is 4480. The molecule has 0 unspecified atom stereocenters. The lowest BCUT2D eigenvalue weighted by Gasteiger charge is -2.17. The van der Waals surface area contributed by atoms with Gasteiger partial charge in [-0.1, -0.05) is 194 Å². The van der Waals surface area contributed by atoms with Gasteiger partial charge in [-0.15, -0.1) is 0 Å². The van der Waals surface area contributed by atoms with Crippen molar-refractivity contribution < 1.29 is 0 Å². The van der Waals surface area contributed by atoms with E-state index >= 15 is 0 Å². The standard InChI is InChI=1S/C70H44N6/c71-45-55-41-54(48-29-35-56(36-30-48)75-63-27-15-13-25-58(63)60-42-52(33-39-65(60)75)46-17-5-1-6-18-46)44-62(70-73-68(50-21-9-3-10-22-50)72-69(74-70)51-23-11-4-12-24-51)67(55)49-31-37-57(38-32-49)76-64-28-16-14-26-59(64)61-43-53(34-40-66(61)76)47-19-7-2-8-20-47/h1-44H. The van der Waals surface area contributed by atoms with Gasteiger partial charge in [0, 0.05) is 55.2 Å². The van der Waals surface area contributed by atoms with Gasteiger partial charge in [0.25, 0.3) is 0 Å². The Morgan fingerprint density at radius 3 is 1.11 bits per heavy atom. The lowest BCUT2D eigenvalue weighted by Crippen LogP contribution is -2.02. The van der Waals surface area contributed by atoms with Crippen molar-refractivity contribution in [2.75, 3.05) is 0 Å². The first kappa shape index (κ1) is 44.2. The number of hydrogen-bond donors (Lipinski definition) is 0. The molecular formula is C70H44N6. The maximum absolute atomic E-state index is 11.3. The molecule has 3 heterocycles. The van der Waals surface area contributed by atoms with E-state index in [1.54, 1.807) is 0 Å². The molecule has 0 amide bonds. The quantitative estimate of drug-likeness (QED) is 0.144. The molecule has 0 spiro atoms. The fraction of sp³-hybridized carbons (Fsp3) is 0. The van der Waals surface area contributed by atoms with Crippen molar-refractivity contribution in [3.8, 4) is 96.1 Å². The Morgan fingerprint density at radius 2 is 0.645 bits per heavy atom. The largest absolute Gasteiger partial charge is 0.309 e. The van der Waals surface area contributed by atoms with Crippen LogP contribution in [0.2, 0.25) is 0 Å². The summed E-state index contributed by atoms with van der Waals surface area (Å²) in [5.74, 6) is 1.56. The van der Waals surface area contributed by atoms with Gasteiger partial charge in [-0.3, -0.25) is 0 Å². The van der Waals surface area contributed by atoms with Gasteiger partial charge in [-0.05, 0) is 112 Å². The number of para-hydroxylation sites is 2. The summed E-state index contributed by atoms with van der Waals surface area (Å²) in [5.41, 5.74) is 17.7. The minimum absolute atomic E-state index is 0.471. The van der Waals surface area contributed by atoms with Gasteiger partial charge in [-0.2, -0.15) is 5.26 Å². The van der Waals surface area contributed by atoms with Crippen molar-refractivity contribution in [2.24, 2.45) is 0 Å². The highest BCUT2D eigenvalue weighted by Crippen LogP contribution is 2.42. The molecule has 0 aliphatic rings. The van der Waals surface area contributed by atoms with Crippen LogP contribution in [0, 0.1) is 11.3 Å². The molecule has 76 heavy (non-hydrogen) atoms. The van der Waals surface area contributed by atoms with Crippen LogP contribution < -0.4 is 0 Å². The number of hydrogen-bond acceptors (Lipinski definition) is 4. The summed E-state index contributed by atoms with van der Waals surface area (Å²) in [5, 5.41) is 16.0. The first-order chi connectivity index (χ1) is 37.6.